The summed E-state index contributed by atoms with van der Waals surface area (Å²) >= 11 is 0. The molecule has 0 saturated carbocycles. The number of fused-ring (bicyclic) bond motifs is 2. The monoisotopic (exact) mass is 440 g/mol. The summed E-state index contributed by atoms with van der Waals surface area (Å²) in [6.45, 7) is -0.421. The second-order valence-corrected chi connectivity index (χ2v) is 8.00. The maximum Gasteiger partial charge on any atom is 0.338 e. The number of amides is 3. The van der Waals surface area contributed by atoms with E-state index in [1.54, 1.807) is 24.3 Å². The van der Waals surface area contributed by atoms with Crippen LogP contribution in [0.2, 0.25) is 0 Å². The maximum absolute atomic E-state index is 12.6. The number of carbonyl (C=O) groups is 4. The molecule has 1 heterocycles. The fraction of sp³-hybridized carbons (Fsp3) is 0.154. The average Bonchev–Trinajstić information content (AvgIpc) is 3.40. The number of imide groups is 1. The molecule has 0 saturated heterocycles. The molecule has 33 heavy (non-hydrogen) atoms. The van der Waals surface area contributed by atoms with Crippen molar-refractivity contribution in [2.75, 3.05) is 16.8 Å². The number of hydrogen-bond donors (Lipinski definition) is 1. The van der Waals surface area contributed by atoms with Crippen LogP contribution >= 0.6 is 0 Å². The Morgan fingerprint density at radius 3 is 2.21 bits per heavy atom. The zero-order valence-corrected chi connectivity index (χ0v) is 17.7. The molecular formula is C26H20N2O5. The molecule has 1 aliphatic carbocycles. The summed E-state index contributed by atoms with van der Waals surface area (Å²) in [5, 5.41) is 2.75. The minimum atomic E-state index is -0.673. The molecule has 0 fully saturated rings. The molecule has 7 nitrogen and oxygen atoms in total. The Kier molecular flexibility index (Phi) is 5.22. The average molecular weight is 440 g/mol. The van der Waals surface area contributed by atoms with Crippen LogP contribution in [-0.4, -0.2) is 30.3 Å². The van der Waals surface area contributed by atoms with Gasteiger partial charge in [0, 0.05) is 5.69 Å². The van der Waals surface area contributed by atoms with Gasteiger partial charge in [-0.3, -0.25) is 14.4 Å². The lowest BCUT2D eigenvalue weighted by Crippen LogP contribution is -2.29. The van der Waals surface area contributed by atoms with E-state index in [2.05, 4.69) is 5.32 Å². The van der Waals surface area contributed by atoms with E-state index in [0.29, 0.717) is 22.5 Å². The highest BCUT2D eigenvalue weighted by molar-refractivity contribution is 6.34. The van der Waals surface area contributed by atoms with Gasteiger partial charge in [-0.1, -0.05) is 18.2 Å². The molecule has 0 aromatic heterocycles. The Bertz CT molecular complexity index is 1260. The summed E-state index contributed by atoms with van der Waals surface area (Å²) < 4.78 is 5.11. The van der Waals surface area contributed by atoms with E-state index in [0.717, 1.165) is 24.2 Å². The molecule has 3 aromatic carbocycles. The second-order valence-electron chi connectivity index (χ2n) is 8.00. The first-order chi connectivity index (χ1) is 16.0. The topological polar surface area (TPSA) is 92.8 Å². The van der Waals surface area contributed by atoms with Crippen LogP contribution in [0.15, 0.2) is 66.7 Å². The smallest absolute Gasteiger partial charge is 0.338 e. The summed E-state index contributed by atoms with van der Waals surface area (Å²) in [6, 6.07) is 18.4. The molecule has 3 amide bonds. The minimum absolute atomic E-state index is 0.209. The fourth-order valence-electron chi connectivity index (χ4n) is 4.23. The predicted molar refractivity (Wildman–Crippen MR) is 121 cm³/mol. The number of carbonyl (C=O) groups excluding carboxylic acids is 4. The van der Waals surface area contributed by atoms with Crippen molar-refractivity contribution in [3.63, 3.8) is 0 Å². The van der Waals surface area contributed by atoms with Gasteiger partial charge in [0.15, 0.2) is 6.61 Å². The fourth-order valence-corrected chi connectivity index (χ4v) is 4.23. The number of aryl methyl sites for hydroxylation is 2. The van der Waals surface area contributed by atoms with Gasteiger partial charge in [0.25, 0.3) is 17.7 Å². The molecule has 1 aliphatic heterocycles. The van der Waals surface area contributed by atoms with Crippen LogP contribution < -0.4 is 10.2 Å². The number of esters is 1. The highest BCUT2D eigenvalue weighted by Gasteiger charge is 2.36. The Morgan fingerprint density at radius 2 is 1.52 bits per heavy atom. The van der Waals surface area contributed by atoms with Gasteiger partial charge in [0.1, 0.15) is 0 Å². The highest BCUT2D eigenvalue weighted by Crippen LogP contribution is 2.28. The zero-order valence-electron chi connectivity index (χ0n) is 17.7. The Hall–Kier alpha value is -4.26. The molecule has 0 bridgehead atoms. The van der Waals surface area contributed by atoms with Gasteiger partial charge in [0.2, 0.25) is 0 Å². The van der Waals surface area contributed by atoms with E-state index in [1.807, 2.05) is 18.2 Å². The summed E-state index contributed by atoms with van der Waals surface area (Å²) in [4.78, 5) is 50.8. The van der Waals surface area contributed by atoms with Crippen molar-refractivity contribution in [3.05, 3.63) is 94.5 Å². The lowest BCUT2D eigenvalue weighted by atomic mass is 10.1. The number of hydrogen-bond acceptors (Lipinski definition) is 5. The quantitative estimate of drug-likeness (QED) is 0.482. The molecule has 1 N–H and O–H groups in total. The van der Waals surface area contributed by atoms with Crippen LogP contribution in [0.5, 0.6) is 0 Å². The molecule has 0 atom stereocenters. The van der Waals surface area contributed by atoms with Gasteiger partial charge in [0.05, 0.1) is 22.4 Å². The van der Waals surface area contributed by atoms with E-state index in [4.69, 9.17) is 4.74 Å². The van der Waals surface area contributed by atoms with Gasteiger partial charge >= 0.3 is 5.97 Å². The van der Waals surface area contributed by atoms with E-state index in [9.17, 15) is 19.2 Å². The number of nitrogens with zero attached hydrogens (tertiary/aromatic N) is 1. The normalized spacial score (nSPS) is 14.1. The number of ether oxygens (including phenoxy) is 1. The van der Waals surface area contributed by atoms with Crippen LogP contribution in [0.3, 0.4) is 0 Å². The molecule has 3 aromatic rings. The van der Waals surface area contributed by atoms with Crippen LogP contribution in [0, 0.1) is 0 Å². The highest BCUT2D eigenvalue weighted by atomic mass is 16.5. The summed E-state index contributed by atoms with van der Waals surface area (Å²) in [5.74, 6) is -1.92. The van der Waals surface area contributed by atoms with Gasteiger partial charge in [-0.15, -0.1) is 0 Å². The first-order valence-electron chi connectivity index (χ1n) is 10.7. The molecule has 0 unspecified atom stereocenters. The summed E-state index contributed by atoms with van der Waals surface area (Å²) in [6.07, 6.45) is 3.19. The van der Waals surface area contributed by atoms with Crippen molar-refractivity contribution in [2.24, 2.45) is 0 Å². The van der Waals surface area contributed by atoms with E-state index in [1.165, 1.54) is 35.4 Å². The first-order valence-corrected chi connectivity index (χ1v) is 10.7. The number of benzene rings is 3. The van der Waals surface area contributed by atoms with Crippen LogP contribution in [0.4, 0.5) is 11.4 Å². The Morgan fingerprint density at radius 1 is 0.848 bits per heavy atom. The molecule has 2 aliphatic rings. The number of nitrogens with one attached hydrogen (secondary N) is 1. The molecule has 164 valence electrons. The molecule has 5 rings (SSSR count). The lowest BCUT2D eigenvalue weighted by molar-refractivity contribution is -0.119. The van der Waals surface area contributed by atoms with Crippen molar-refractivity contribution in [2.45, 2.75) is 19.3 Å². The van der Waals surface area contributed by atoms with E-state index < -0.39 is 30.3 Å². The van der Waals surface area contributed by atoms with Gasteiger partial charge in [-0.05, 0) is 78.9 Å². The van der Waals surface area contributed by atoms with E-state index in [-0.39, 0.29) is 5.56 Å². The van der Waals surface area contributed by atoms with Crippen molar-refractivity contribution < 1.29 is 23.9 Å². The third kappa shape index (κ3) is 3.89. The van der Waals surface area contributed by atoms with Crippen LogP contribution in [0.1, 0.15) is 48.6 Å². The first kappa shape index (κ1) is 20.6. The SMILES string of the molecule is O=C(COC(=O)c1ccc(N2C(=O)c3ccccc3C2=O)cc1)Nc1ccc2c(c1)CCC2. The second kappa shape index (κ2) is 8.35. The zero-order chi connectivity index (χ0) is 22.9. The molecular weight excluding hydrogens is 420 g/mol. The van der Waals surface area contributed by atoms with Gasteiger partial charge in [-0.2, -0.15) is 0 Å². The third-order valence-electron chi connectivity index (χ3n) is 5.87. The molecule has 7 heteroatoms. The van der Waals surface area contributed by atoms with E-state index >= 15 is 0 Å². The van der Waals surface area contributed by atoms with Crippen molar-refractivity contribution in [1.29, 1.82) is 0 Å². The number of anilines is 2. The third-order valence-corrected chi connectivity index (χ3v) is 5.87. The largest absolute Gasteiger partial charge is 0.452 e. The van der Waals surface area contributed by atoms with Gasteiger partial charge < -0.3 is 10.1 Å². The van der Waals surface area contributed by atoms with Gasteiger partial charge in [-0.25, -0.2) is 9.69 Å². The predicted octanol–water partition coefficient (Wildman–Crippen LogP) is 3.77. The van der Waals surface area contributed by atoms with Crippen LogP contribution in [-0.2, 0) is 22.4 Å². The minimum Gasteiger partial charge on any atom is -0.452 e. The summed E-state index contributed by atoms with van der Waals surface area (Å²) in [7, 11) is 0. The Balaban J connectivity index is 1.19. The van der Waals surface area contributed by atoms with Crippen molar-refractivity contribution >= 4 is 35.1 Å². The Labute approximate surface area is 190 Å². The molecule has 0 radical (unpaired) electrons. The standard InChI is InChI=1S/C26H20N2O5/c29-23(27-19-11-8-16-4-3-5-18(16)14-19)15-33-26(32)17-9-12-20(13-10-17)28-24(30)21-6-1-2-7-22(21)25(28)31/h1-2,6-14H,3-5,15H2,(H,27,29). The van der Waals surface area contributed by atoms with Crippen molar-refractivity contribution in [1.82, 2.24) is 0 Å². The summed E-state index contributed by atoms with van der Waals surface area (Å²) in [5.41, 5.74) is 4.49. The number of rotatable bonds is 5. The molecule has 0 spiro atoms. The van der Waals surface area contributed by atoms with Crippen LogP contribution in [0.25, 0.3) is 0 Å². The van der Waals surface area contributed by atoms with Crippen molar-refractivity contribution in [3.8, 4) is 0 Å². The maximum atomic E-state index is 12.6. The lowest BCUT2D eigenvalue weighted by Gasteiger charge is -2.14.